The Bertz CT molecular complexity index is 413. The van der Waals surface area contributed by atoms with E-state index in [9.17, 15) is 0 Å². The fourth-order valence-corrected chi connectivity index (χ4v) is 4.12. The van der Waals surface area contributed by atoms with Gasteiger partial charge in [-0.1, -0.05) is 0 Å². The monoisotopic (exact) mass is 280 g/mol. The summed E-state index contributed by atoms with van der Waals surface area (Å²) in [6, 6.07) is 0.964. The lowest BCUT2D eigenvalue weighted by Crippen LogP contribution is -2.30. The molecule has 106 valence electrons. The third-order valence-electron chi connectivity index (χ3n) is 4.31. The van der Waals surface area contributed by atoms with Crippen LogP contribution in [0.4, 0.5) is 0 Å². The molecule has 0 radical (unpaired) electrons. The van der Waals surface area contributed by atoms with Gasteiger partial charge in [0.05, 0.1) is 17.8 Å². The number of thiazole rings is 1. The Morgan fingerprint density at radius 3 is 3.00 bits per heavy atom. The van der Waals surface area contributed by atoms with E-state index >= 15 is 0 Å². The summed E-state index contributed by atoms with van der Waals surface area (Å²) < 4.78 is 0. The number of likely N-dealkylation sites (N-methyl/N-ethyl adjacent to an activating group) is 2. The molecule has 1 aromatic heterocycles. The lowest BCUT2D eigenvalue weighted by Gasteiger charge is -2.25. The van der Waals surface area contributed by atoms with E-state index in [1.807, 2.05) is 11.3 Å². The van der Waals surface area contributed by atoms with Crippen molar-refractivity contribution < 1.29 is 0 Å². The molecule has 3 heterocycles. The maximum absolute atomic E-state index is 4.93. The van der Waals surface area contributed by atoms with Crippen LogP contribution in [0.25, 0.3) is 0 Å². The summed E-state index contributed by atoms with van der Waals surface area (Å²) in [5, 5.41) is 7.09. The molecule has 0 amide bonds. The SMILES string of the molecule is CN1CCCN(C)C(c2nc(C3CCCN3)cs2)C1. The molecule has 1 N–H and O–H groups in total. The molecule has 2 aliphatic rings. The first-order valence-electron chi connectivity index (χ1n) is 7.31. The zero-order valence-electron chi connectivity index (χ0n) is 11.9. The van der Waals surface area contributed by atoms with E-state index in [0.29, 0.717) is 12.1 Å². The zero-order valence-corrected chi connectivity index (χ0v) is 12.7. The predicted molar refractivity (Wildman–Crippen MR) is 79.6 cm³/mol. The highest BCUT2D eigenvalue weighted by Gasteiger charge is 2.26. The average molecular weight is 280 g/mol. The van der Waals surface area contributed by atoms with Crippen LogP contribution >= 0.6 is 11.3 Å². The molecule has 2 saturated heterocycles. The van der Waals surface area contributed by atoms with Gasteiger partial charge in [-0.05, 0) is 53.0 Å². The lowest BCUT2D eigenvalue weighted by atomic mass is 10.2. The highest BCUT2D eigenvalue weighted by atomic mass is 32.1. The van der Waals surface area contributed by atoms with Gasteiger partial charge in [-0.15, -0.1) is 11.3 Å². The molecule has 2 aliphatic heterocycles. The van der Waals surface area contributed by atoms with Crippen LogP contribution in [-0.2, 0) is 0 Å². The molecule has 0 bridgehead atoms. The molecular formula is C14H24N4S. The summed E-state index contributed by atoms with van der Waals surface area (Å²) in [4.78, 5) is 9.83. The van der Waals surface area contributed by atoms with Crippen molar-refractivity contribution in [2.45, 2.75) is 31.3 Å². The summed E-state index contributed by atoms with van der Waals surface area (Å²) >= 11 is 1.84. The molecule has 2 fully saturated rings. The van der Waals surface area contributed by atoms with Gasteiger partial charge < -0.3 is 10.2 Å². The second-order valence-electron chi connectivity index (χ2n) is 5.87. The Labute approximate surface area is 119 Å². The maximum atomic E-state index is 4.93. The van der Waals surface area contributed by atoms with Crippen LogP contribution in [0.1, 0.15) is 42.0 Å². The Kier molecular flexibility index (Phi) is 4.17. The van der Waals surface area contributed by atoms with E-state index in [-0.39, 0.29) is 0 Å². The molecular weight excluding hydrogens is 256 g/mol. The Hall–Kier alpha value is -0.490. The summed E-state index contributed by atoms with van der Waals surface area (Å²) in [6.07, 6.45) is 3.78. The molecule has 4 nitrogen and oxygen atoms in total. The zero-order chi connectivity index (χ0) is 13.2. The molecule has 5 heteroatoms. The van der Waals surface area contributed by atoms with Gasteiger partial charge in [0.2, 0.25) is 0 Å². The highest BCUT2D eigenvalue weighted by Crippen LogP contribution is 2.30. The second-order valence-corrected chi connectivity index (χ2v) is 6.76. The fraction of sp³-hybridized carbons (Fsp3) is 0.786. The largest absolute Gasteiger partial charge is 0.309 e. The van der Waals surface area contributed by atoms with E-state index in [2.05, 4.69) is 34.6 Å². The van der Waals surface area contributed by atoms with Crippen molar-refractivity contribution in [2.75, 3.05) is 40.3 Å². The quantitative estimate of drug-likeness (QED) is 0.896. The van der Waals surface area contributed by atoms with Crippen LogP contribution in [0.2, 0.25) is 0 Å². The van der Waals surface area contributed by atoms with Crippen molar-refractivity contribution in [3.8, 4) is 0 Å². The van der Waals surface area contributed by atoms with Gasteiger partial charge in [-0.25, -0.2) is 4.98 Å². The van der Waals surface area contributed by atoms with Gasteiger partial charge in [0, 0.05) is 11.9 Å². The maximum Gasteiger partial charge on any atom is 0.111 e. The number of hydrogen-bond donors (Lipinski definition) is 1. The van der Waals surface area contributed by atoms with E-state index in [1.54, 1.807) is 0 Å². The number of nitrogens with zero attached hydrogens (tertiary/aromatic N) is 3. The van der Waals surface area contributed by atoms with Crippen molar-refractivity contribution in [3.63, 3.8) is 0 Å². The highest BCUT2D eigenvalue weighted by molar-refractivity contribution is 7.09. The molecule has 2 unspecified atom stereocenters. The Morgan fingerprint density at radius 2 is 2.21 bits per heavy atom. The van der Waals surface area contributed by atoms with Crippen molar-refractivity contribution >= 4 is 11.3 Å². The van der Waals surface area contributed by atoms with Crippen molar-refractivity contribution in [3.05, 3.63) is 16.1 Å². The fourth-order valence-electron chi connectivity index (χ4n) is 3.09. The van der Waals surface area contributed by atoms with Gasteiger partial charge in [0.1, 0.15) is 5.01 Å². The normalized spacial score (nSPS) is 30.6. The number of hydrogen-bond acceptors (Lipinski definition) is 5. The Balaban J connectivity index is 1.76. The third kappa shape index (κ3) is 2.99. The summed E-state index contributed by atoms with van der Waals surface area (Å²) in [6.45, 7) is 4.61. The molecule has 19 heavy (non-hydrogen) atoms. The van der Waals surface area contributed by atoms with E-state index in [1.165, 1.54) is 43.1 Å². The molecule has 2 atom stereocenters. The van der Waals surface area contributed by atoms with Crippen LogP contribution in [0, 0.1) is 0 Å². The smallest absolute Gasteiger partial charge is 0.111 e. The van der Waals surface area contributed by atoms with E-state index in [0.717, 1.165) is 13.1 Å². The molecule has 0 saturated carbocycles. The van der Waals surface area contributed by atoms with Crippen molar-refractivity contribution in [2.24, 2.45) is 0 Å². The molecule has 0 spiro atoms. The van der Waals surface area contributed by atoms with Crippen LogP contribution < -0.4 is 5.32 Å². The van der Waals surface area contributed by atoms with Crippen LogP contribution in [0.5, 0.6) is 0 Å². The first kappa shape index (κ1) is 13.5. The first-order chi connectivity index (χ1) is 9.24. The van der Waals surface area contributed by atoms with Crippen molar-refractivity contribution in [1.82, 2.24) is 20.1 Å². The Morgan fingerprint density at radius 1 is 1.32 bits per heavy atom. The van der Waals surface area contributed by atoms with Crippen LogP contribution in [-0.4, -0.2) is 55.1 Å². The minimum Gasteiger partial charge on any atom is -0.309 e. The minimum atomic E-state index is 0.465. The topological polar surface area (TPSA) is 31.4 Å². The van der Waals surface area contributed by atoms with Gasteiger partial charge in [-0.2, -0.15) is 0 Å². The predicted octanol–water partition coefficient (Wildman–Crippen LogP) is 1.88. The summed E-state index contributed by atoms with van der Waals surface area (Å²) in [7, 11) is 4.46. The van der Waals surface area contributed by atoms with E-state index in [4.69, 9.17) is 4.98 Å². The van der Waals surface area contributed by atoms with Crippen LogP contribution in [0.15, 0.2) is 5.38 Å². The molecule has 1 aromatic rings. The van der Waals surface area contributed by atoms with E-state index < -0.39 is 0 Å². The van der Waals surface area contributed by atoms with Gasteiger partial charge in [-0.3, -0.25) is 4.90 Å². The number of rotatable bonds is 2. The van der Waals surface area contributed by atoms with Gasteiger partial charge in [0.25, 0.3) is 0 Å². The molecule has 0 aliphatic carbocycles. The first-order valence-corrected chi connectivity index (χ1v) is 8.19. The minimum absolute atomic E-state index is 0.465. The van der Waals surface area contributed by atoms with Crippen molar-refractivity contribution in [1.29, 1.82) is 0 Å². The third-order valence-corrected chi connectivity index (χ3v) is 5.27. The standard InChI is InChI=1S/C14H24N4S/c1-17-7-4-8-18(2)13(9-17)14-16-12(10-19-14)11-5-3-6-15-11/h10-11,13,15H,3-9H2,1-2H3. The van der Waals surface area contributed by atoms with Crippen LogP contribution in [0.3, 0.4) is 0 Å². The second kappa shape index (κ2) is 5.87. The lowest BCUT2D eigenvalue weighted by molar-refractivity contribution is 0.228. The molecule has 3 rings (SSSR count). The number of aromatic nitrogens is 1. The van der Waals surface area contributed by atoms with Gasteiger partial charge >= 0.3 is 0 Å². The molecule has 0 aromatic carbocycles. The summed E-state index contributed by atoms with van der Waals surface area (Å²) in [5.74, 6) is 0. The average Bonchev–Trinajstić information content (AvgIpc) is 3.03. The number of nitrogens with one attached hydrogen (secondary N) is 1. The van der Waals surface area contributed by atoms with Gasteiger partial charge in [0.15, 0.2) is 0 Å². The summed E-state index contributed by atoms with van der Waals surface area (Å²) in [5.41, 5.74) is 1.26.